The van der Waals surface area contributed by atoms with E-state index in [2.05, 4.69) is 10.2 Å². The van der Waals surface area contributed by atoms with Crippen molar-refractivity contribution < 1.29 is 36.5 Å². The molecule has 0 unspecified atom stereocenters. The molecule has 2 N–H and O–H groups in total. The number of hydrogen-bond donors (Lipinski definition) is 1. The Morgan fingerprint density at radius 1 is 0.971 bits per heavy atom. The number of benzene rings is 2. The van der Waals surface area contributed by atoms with Crippen molar-refractivity contribution in [2.24, 2.45) is 0 Å². The summed E-state index contributed by atoms with van der Waals surface area (Å²) in [5.41, 5.74) is 5.78. The number of unbranched alkanes of at least 4 members (excludes halogenated alkanes) is 2. The fourth-order valence-electron chi connectivity index (χ4n) is 3.00. The van der Waals surface area contributed by atoms with Gasteiger partial charge in [0, 0.05) is 12.2 Å². The predicted molar refractivity (Wildman–Crippen MR) is 120 cm³/mol. The second kappa shape index (κ2) is 11.3. The summed E-state index contributed by atoms with van der Waals surface area (Å²) in [6.07, 6.45) is -3.32. The van der Waals surface area contributed by atoms with Crippen LogP contribution in [0.1, 0.15) is 36.8 Å². The molecule has 3 aromatic rings. The molecule has 0 fully saturated rings. The van der Waals surface area contributed by atoms with Gasteiger partial charge in [0.1, 0.15) is 15.8 Å². The summed E-state index contributed by atoms with van der Waals surface area (Å²) in [6, 6.07) is 6.94. The molecule has 0 aliphatic carbocycles. The first kappa shape index (κ1) is 26.8. The smallest absolute Gasteiger partial charge is 0.419 e. The summed E-state index contributed by atoms with van der Waals surface area (Å²) in [4.78, 5) is 0. The van der Waals surface area contributed by atoms with Gasteiger partial charge >= 0.3 is 6.18 Å². The minimum atomic E-state index is -4.68. The van der Waals surface area contributed by atoms with E-state index < -0.39 is 41.3 Å². The van der Waals surface area contributed by atoms with E-state index >= 15 is 0 Å². The van der Waals surface area contributed by atoms with Gasteiger partial charge in [0.2, 0.25) is 0 Å². The first-order valence-electron chi connectivity index (χ1n) is 10.6. The third kappa shape index (κ3) is 6.86. The number of para-hydroxylation sites is 1. The number of hydrogen-bond acceptors (Lipinski definition) is 6. The molecule has 0 aliphatic rings. The molecule has 1 heterocycles. The molecule has 0 saturated carbocycles. The highest BCUT2D eigenvalue weighted by molar-refractivity contribution is 7.14. The van der Waals surface area contributed by atoms with Crippen molar-refractivity contribution >= 4 is 11.3 Å². The minimum absolute atomic E-state index is 0.00708. The molecule has 3 rings (SSSR count). The lowest BCUT2D eigenvalue weighted by Crippen LogP contribution is -2.20. The maximum Gasteiger partial charge on any atom is 0.419 e. The van der Waals surface area contributed by atoms with E-state index in [4.69, 9.17) is 15.2 Å². The maximum absolute atomic E-state index is 13.6. The number of rotatable bonds is 11. The van der Waals surface area contributed by atoms with Crippen molar-refractivity contribution in [1.82, 2.24) is 10.2 Å². The van der Waals surface area contributed by atoms with Crippen LogP contribution < -0.4 is 9.47 Å². The Morgan fingerprint density at radius 3 is 2.26 bits per heavy atom. The molecule has 35 heavy (non-hydrogen) atoms. The average molecular weight is 517 g/mol. The summed E-state index contributed by atoms with van der Waals surface area (Å²) in [6.45, 7) is 0.985. The SMILES string of the molecule is C[C@]([NH-])(CO)c1nnc(-c2ccc(OCCCCCOc3c(F)cccc3F)c(C(F)(F)F)c2)s1. The molecule has 0 saturated heterocycles. The van der Waals surface area contributed by atoms with Gasteiger partial charge in [0.15, 0.2) is 17.4 Å². The first-order valence-corrected chi connectivity index (χ1v) is 11.5. The summed E-state index contributed by atoms with van der Waals surface area (Å²) < 4.78 is 78.4. The van der Waals surface area contributed by atoms with Gasteiger partial charge in [0.25, 0.3) is 0 Å². The van der Waals surface area contributed by atoms with Crippen LogP contribution in [-0.4, -0.2) is 35.1 Å². The second-order valence-corrected chi connectivity index (χ2v) is 8.90. The molecule has 6 nitrogen and oxygen atoms in total. The van der Waals surface area contributed by atoms with Gasteiger partial charge < -0.3 is 20.3 Å². The van der Waals surface area contributed by atoms with Crippen molar-refractivity contribution in [2.45, 2.75) is 37.9 Å². The Hall–Kier alpha value is -2.83. The Bertz CT molecular complexity index is 1120. The van der Waals surface area contributed by atoms with E-state index in [-0.39, 0.29) is 34.5 Å². The van der Waals surface area contributed by atoms with Crippen LogP contribution in [0.2, 0.25) is 0 Å². The zero-order chi connectivity index (χ0) is 25.6. The van der Waals surface area contributed by atoms with Gasteiger partial charge in [-0.05, 0) is 55.1 Å². The number of alkyl halides is 3. The van der Waals surface area contributed by atoms with Crippen LogP contribution in [-0.2, 0) is 11.7 Å². The minimum Gasteiger partial charge on any atom is -0.664 e. The molecular weight excluding hydrogens is 493 g/mol. The van der Waals surface area contributed by atoms with Crippen molar-refractivity contribution in [2.75, 3.05) is 19.8 Å². The number of aliphatic hydroxyl groups excluding tert-OH is 1. The topological polar surface area (TPSA) is 88.3 Å². The third-order valence-electron chi connectivity index (χ3n) is 4.96. The summed E-state index contributed by atoms with van der Waals surface area (Å²) in [5.74, 6) is -2.40. The highest BCUT2D eigenvalue weighted by Crippen LogP contribution is 2.40. The van der Waals surface area contributed by atoms with E-state index in [9.17, 15) is 27.1 Å². The molecule has 190 valence electrons. The van der Waals surface area contributed by atoms with Crippen LogP contribution in [0.3, 0.4) is 0 Å². The molecule has 1 atom stereocenters. The Morgan fingerprint density at radius 2 is 1.63 bits per heavy atom. The monoisotopic (exact) mass is 516 g/mol. The second-order valence-electron chi connectivity index (χ2n) is 7.92. The normalized spacial score (nSPS) is 13.5. The van der Waals surface area contributed by atoms with Crippen LogP contribution in [0.15, 0.2) is 36.4 Å². The van der Waals surface area contributed by atoms with Gasteiger partial charge in [-0.1, -0.05) is 24.3 Å². The lowest BCUT2D eigenvalue weighted by Gasteiger charge is -2.28. The number of nitrogens with one attached hydrogen (secondary N) is 1. The van der Waals surface area contributed by atoms with E-state index in [1.165, 1.54) is 25.1 Å². The highest BCUT2D eigenvalue weighted by atomic mass is 32.1. The Kier molecular flexibility index (Phi) is 8.62. The number of nitrogens with zero attached hydrogens (tertiary/aromatic N) is 2. The van der Waals surface area contributed by atoms with Crippen molar-refractivity contribution in [3.63, 3.8) is 0 Å². The number of aliphatic hydroxyl groups is 1. The summed E-state index contributed by atoms with van der Waals surface area (Å²) >= 11 is 0.935. The summed E-state index contributed by atoms with van der Waals surface area (Å²) in [5, 5.41) is 17.3. The lowest BCUT2D eigenvalue weighted by molar-refractivity contribution is -0.138. The Balaban J connectivity index is 1.57. The van der Waals surface area contributed by atoms with Crippen molar-refractivity contribution in [3.05, 3.63) is 64.3 Å². The van der Waals surface area contributed by atoms with Crippen molar-refractivity contribution in [1.29, 1.82) is 0 Å². The van der Waals surface area contributed by atoms with E-state index in [0.29, 0.717) is 19.3 Å². The Labute approximate surface area is 202 Å². The number of halogens is 5. The standard InChI is InChI=1S/C23H23F5N3O3S/c1-22(29,13-32)21-31-30-20(35-21)14-8-9-18(15(12-14)23(26,27)28)33-10-3-2-4-11-34-19-16(24)6-5-7-17(19)25/h5-9,12,29,32H,2-4,10-11,13H2,1H3/q-1/t22-/m0/s1. The van der Waals surface area contributed by atoms with E-state index in [1.807, 2.05) is 0 Å². The highest BCUT2D eigenvalue weighted by Gasteiger charge is 2.35. The van der Waals surface area contributed by atoms with Crippen LogP contribution >= 0.6 is 11.3 Å². The predicted octanol–water partition coefficient (Wildman–Crippen LogP) is 6.39. The van der Waals surface area contributed by atoms with Crippen LogP contribution in [0.5, 0.6) is 11.5 Å². The zero-order valence-electron chi connectivity index (χ0n) is 18.7. The van der Waals surface area contributed by atoms with Gasteiger partial charge in [0.05, 0.1) is 18.8 Å². The molecule has 0 radical (unpaired) electrons. The maximum atomic E-state index is 13.6. The number of ether oxygens (including phenoxy) is 2. The largest absolute Gasteiger partial charge is 0.664 e. The lowest BCUT2D eigenvalue weighted by atomic mass is 10.1. The molecule has 0 aliphatic heterocycles. The fourth-order valence-corrected chi connectivity index (χ4v) is 3.88. The quantitative estimate of drug-likeness (QED) is 0.236. The van der Waals surface area contributed by atoms with Gasteiger partial charge in [-0.15, -0.1) is 10.2 Å². The molecule has 12 heteroatoms. The van der Waals surface area contributed by atoms with Gasteiger partial charge in [-0.3, -0.25) is 0 Å². The molecule has 0 bridgehead atoms. The average Bonchev–Trinajstić information content (AvgIpc) is 3.31. The van der Waals surface area contributed by atoms with Crippen LogP contribution in [0.25, 0.3) is 16.3 Å². The zero-order valence-corrected chi connectivity index (χ0v) is 19.5. The van der Waals surface area contributed by atoms with Crippen LogP contribution in [0, 0.1) is 11.6 Å². The molecule has 0 spiro atoms. The first-order chi connectivity index (χ1) is 16.5. The van der Waals surface area contributed by atoms with Crippen molar-refractivity contribution in [3.8, 4) is 22.1 Å². The molecular formula is C23H23F5N3O3S-. The molecule has 0 amide bonds. The van der Waals surface area contributed by atoms with E-state index in [1.54, 1.807) is 0 Å². The summed E-state index contributed by atoms with van der Waals surface area (Å²) in [7, 11) is 0. The van der Waals surface area contributed by atoms with E-state index in [0.717, 1.165) is 29.5 Å². The van der Waals surface area contributed by atoms with Gasteiger partial charge in [-0.25, -0.2) is 8.78 Å². The number of aromatic nitrogens is 2. The fraction of sp³-hybridized carbons (Fsp3) is 0.391. The van der Waals surface area contributed by atoms with Crippen LogP contribution in [0.4, 0.5) is 22.0 Å². The van der Waals surface area contributed by atoms with Gasteiger partial charge in [-0.2, -0.15) is 13.2 Å². The molecule has 2 aromatic carbocycles. The molecule has 1 aromatic heterocycles. The third-order valence-corrected chi connectivity index (χ3v) is 6.19.